The van der Waals surface area contributed by atoms with Crippen molar-refractivity contribution in [2.75, 3.05) is 0 Å². The molecule has 0 saturated heterocycles. The fraction of sp³-hybridized carbons (Fsp3) is 0. The number of rotatable bonds is 2. The van der Waals surface area contributed by atoms with Gasteiger partial charge in [-0.25, -0.2) is 0 Å². The van der Waals surface area contributed by atoms with Gasteiger partial charge in [-0.3, -0.25) is 0 Å². The number of hydrogen-bond acceptors (Lipinski definition) is 2. The molecule has 0 aliphatic heterocycles. The van der Waals surface area contributed by atoms with E-state index in [0.717, 1.165) is 4.46 Å². The molecule has 15 heavy (non-hydrogen) atoms. The van der Waals surface area contributed by atoms with E-state index in [1.807, 2.05) is 30.3 Å². The summed E-state index contributed by atoms with van der Waals surface area (Å²) in [6.45, 7) is 0. The van der Waals surface area contributed by atoms with Crippen LogP contribution in [0.2, 0.25) is 0 Å². The SMILES string of the molecule is O=c1[nH]cc([Se]c2ccccc2)c(=O)[nH]1. The van der Waals surface area contributed by atoms with Crippen molar-refractivity contribution in [1.82, 2.24) is 9.97 Å². The van der Waals surface area contributed by atoms with Crippen molar-refractivity contribution in [3.05, 3.63) is 57.4 Å². The Bertz CT molecular complexity index is 559. The van der Waals surface area contributed by atoms with Crippen LogP contribution in [-0.2, 0) is 0 Å². The van der Waals surface area contributed by atoms with Crippen LogP contribution in [0.25, 0.3) is 0 Å². The van der Waals surface area contributed by atoms with Crippen LogP contribution in [0.1, 0.15) is 0 Å². The van der Waals surface area contributed by atoms with Gasteiger partial charge in [0, 0.05) is 0 Å². The molecule has 1 heterocycles. The van der Waals surface area contributed by atoms with Gasteiger partial charge in [0.2, 0.25) is 0 Å². The minimum absolute atomic E-state index is 0.0704. The predicted molar refractivity (Wildman–Crippen MR) is 59.1 cm³/mol. The molecule has 0 bridgehead atoms. The van der Waals surface area contributed by atoms with E-state index in [4.69, 9.17) is 0 Å². The Labute approximate surface area is 91.5 Å². The number of aromatic nitrogens is 2. The number of hydrogen-bond donors (Lipinski definition) is 2. The zero-order valence-electron chi connectivity index (χ0n) is 7.69. The van der Waals surface area contributed by atoms with Crippen LogP contribution in [0.5, 0.6) is 0 Å². The second-order valence-corrected chi connectivity index (χ2v) is 5.19. The van der Waals surface area contributed by atoms with Crippen LogP contribution in [0.3, 0.4) is 0 Å². The summed E-state index contributed by atoms with van der Waals surface area (Å²) < 4.78 is 1.72. The van der Waals surface area contributed by atoms with Gasteiger partial charge in [0.25, 0.3) is 0 Å². The molecule has 0 atom stereocenters. The maximum atomic E-state index is 11.4. The normalized spacial score (nSPS) is 10.1. The van der Waals surface area contributed by atoms with Gasteiger partial charge >= 0.3 is 91.2 Å². The fourth-order valence-electron chi connectivity index (χ4n) is 1.09. The van der Waals surface area contributed by atoms with Crippen LogP contribution in [-0.4, -0.2) is 24.9 Å². The molecule has 0 spiro atoms. The summed E-state index contributed by atoms with van der Waals surface area (Å²) in [5.74, 6) is 0. The minimum atomic E-state index is -0.465. The second-order valence-electron chi connectivity index (χ2n) is 2.85. The zero-order valence-corrected chi connectivity index (χ0v) is 9.40. The maximum absolute atomic E-state index is 11.4. The Morgan fingerprint density at radius 2 is 1.80 bits per heavy atom. The third kappa shape index (κ3) is 2.46. The molecule has 1 aromatic carbocycles. The molecule has 0 radical (unpaired) electrons. The van der Waals surface area contributed by atoms with Gasteiger partial charge in [-0.2, -0.15) is 0 Å². The number of aromatic amines is 2. The van der Waals surface area contributed by atoms with E-state index >= 15 is 0 Å². The van der Waals surface area contributed by atoms with Crippen molar-refractivity contribution in [3.8, 4) is 0 Å². The third-order valence-electron chi connectivity index (χ3n) is 1.76. The molecule has 2 aromatic rings. The number of H-pyrrole nitrogens is 2. The summed E-state index contributed by atoms with van der Waals surface area (Å²) in [5.41, 5.74) is -0.768. The van der Waals surface area contributed by atoms with E-state index in [-0.39, 0.29) is 20.5 Å². The monoisotopic (exact) mass is 268 g/mol. The van der Waals surface area contributed by atoms with E-state index in [2.05, 4.69) is 9.97 Å². The van der Waals surface area contributed by atoms with E-state index in [1.54, 1.807) is 0 Å². The van der Waals surface area contributed by atoms with Crippen LogP contribution in [0.15, 0.2) is 46.1 Å². The Morgan fingerprint density at radius 3 is 2.47 bits per heavy atom. The van der Waals surface area contributed by atoms with Gasteiger partial charge < -0.3 is 0 Å². The Balaban J connectivity index is 2.33. The van der Waals surface area contributed by atoms with Gasteiger partial charge in [0.15, 0.2) is 0 Å². The summed E-state index contributed by atoms with van der Waals surface area (Å²) in [4.78, 5) is 26.8. The molecule has 2 rings (SSSR count). The van der Waals surface area contributed by atoms with E-state index in [0.29, 0.717) is 4.46 Å². The van der Waals surface area contributed by atoms with Crippen molar-refractivity contribution < 1.29 is 0 Å². The molecule has 0 aliphatic carbocycles. The van der Waals surface area contributed by atoms with E-state index in [9.17, 15) is 9.59 Å². The Kier molecular flexibility index (Phi) is 2.85. The quantitative estimate of drug-likeness (QED) is 0.665. The van der Waals surface area contributed by atoms with Gasteiger partial charge in [-0.1, -0.05) is 0 Å². The first kappa shape index (κ1) is 9.96. The number of nitrogens with one attached hydrogen (secondary N) is 2. The Morgan fingerprint density at radius 1 is 1.07 bits per heavy atom. The molecule has 0 aliphatic rings. The molecule has 4 nitrogen and oxygen atoms in total. The van der Waals surface area contributed by atoms with Gasteiger partial charge in [0.1, 0.15) is 0 Å². The first-order valence-corrected chi connectivity index (χ1v) is 6.02. The molecule has 2 N–H and O–H groups in total. The average molecular weight is 267 g/mol. The Hall–Kier alpha value is -1.58. The van der Waals surface area contributed by atoms with Crippen LogP contribution in [0.4, 0.5) is 0 Å². The van der Waals surface area contributed by atoms with Gasteiger partial charge in [-0.05, 0) is 0 Å². The molecule has 0 fully saturated rings. The summed E-state index contributed by atoms with van der Waals surface area (Å²) in [5, 5.41) is 0. The molecule has 5 heteroatoms. The molecule has 0 amide bonds. The summed E-state index contributed by atoms with van der Waals surface area (Å²) >= 11 is -0.0704. The average Bonchev–Trinajstić information content (AvgIpc) is 2.24. The molecule has 0 unspecified atom stereocenters. The van der Waals surface area contributed by atoms with Crippen molar-refractivity contribution in [1.29, 1.82) is 0 Å². The van der Waals surface area contributed by atoms with Gasteiger partial charge in [0.05, 0.1) is 0 Å². The predicted octanol–water partition coefficient (Wildman–Crippen LogP) is -1.28. The molecule has 0 saturated carbocycles. The van der Waals surface area contributed by atoms with Crippen molar-refractivity contribution in [3.63, 3.8) is 0 Å². The van der Waals surface area contributed by atoms with Crippen LogP contribution >= 0.6 is 0 Å². The third-order valence-corrected chi connectivity index (χ3v) is 3.92. The topological polar surface area (TPSA) is 65.7 Å². The molecular formula is C10H8N2O2Se. The van der Waals surface area contributed by atoms with Crippen LogP contribution in [0, 0.1) is 0 Å². The van der Waals surface area contributed by atoms with Crippen LogP contribution < -0.4 is 20.2 Å². The summed E-state index contributed by atoms with van der Waals surface area (Å²) in [7, 11) is 0. The second kappa shape index (κ2) is 4.29. The fourth-order valence-corrected chi connectivity index (χ4v) is 2.79. The summed E-state index contributed by atoms with van der Waals surface area (Å²) in [6.07, 6.45) is 1.48. The number of benzene rings is 1. The van der Waals surface area contributed by atoms with E-state index < -0.39 is 5.69 Å². The van der Waals surface area contributed by atoms with Crippen molar-refractivity contribution in [2.24, 2.45) is 0 Å². The zero-order chi connectivity index (χ0) is 10.7. The van der Waals surface area contributed by atoms with Crippen molar-refractivity contribution >= 4 is 23.9 Å². The first-order chi connectivity index (χ1) is 7.25. The van der Waals surface area contributed by atoms with E-state index in [1.165, 1.54) is 6.20 Å². The van der Waals surface area contributed by atoms with Gasteiger partial charge in [-0.15, -0.1) is 0 Å². The molecular weight excluding hydrogens is 259 g/mol. The summed E-state index contributed by atoms with van der Waals surface area (Å²) in [6, 6.07) is 9.71. The first-order valence-electron chi connectivity index (χ1n) is 4.30. The standard InChI is InChI=1S/C10H8N2O2Se/c13-9-8(6-11-10(14)12-9)15-7-4-2-1-3-5-7/h1-6H,(H2,11,12,13,14). The molecule has 76 valence electrons. The molecule has 1 aromatic heterocycles. The van der Waals surface area contributed by atoms with Crippen molar-refractivity contribution in [2.45, 2.75) is 0 Å².